The van der Waals surface area contributed by atoms with E-state index in [2.05, 4.69) is 20.9 Å². The van der Waals surface area contributed by atoms with Gasteiger partial charge in [0.05, 0.1) is 33.6 Å². The van der Waals surface area contributed by atoms with E-state index in [1.54, 1.807) is 26.5 Å². The monoisotopic (exact) mass is 438 g/mol. The zero-order chi connectivity index (χ0) is 22.2. The highest BCUT2D eigenvalue weighted by Gasteiger charge is 2.39. The summed E-state index contributed by atoms with van der Waals surface area (Å²) in [6, 6.07) is 6.74. The molecule has 1 aliphatic carbocycles. The van der Waals surface area contributed by atoms with E-state index in [1.165, 1.54) is 7.11 Å². The molecule has 166 valence electrons. The standard InChI is InChI=1S/C22H22N4O6/c1-28-16-7-6-12(19(29-2)20(16)30-3)18-17-13(23-21-22(24-18)26-32-25-21)9-11(10-14(17)27)15-5-4-8-31-15/h4-8,11,18H,9-10H2,1-3H3,(H,23,25)(H,24,26)/t11-,18+/m1/s1. The van der Waals surface area contributed by atoms with E-state index < -0.39 is 6.04 Å². The second-order valence-corrected chi connectivity index (χ2v) is 7.52. The molecule has 2 aliphatic rings. The van der Waals surface area contributed by atoms with Crippen LogP contribution in [0, 0.1) is 0 Å². The number of anilines is 2. The van der Waals surface area contributed by atoms with Crippen LogP contribution in [-0.2, 0) is 4.79 Å². The summed E-state index contributed by atoms with van der Waals surface area (Å²) in [5, 5.41) is 14.4. The van der Waals surface area contributed by atoms with Crippen molar-refractivity contribution in [1.82, 2.24) is 10.3 Å². The third kappa shape index (κ3) is 3.15. The molecular weight excluding hydrogens is 416 g/mol. The van der Waals surface area contributed by atoms with Crippen LogP contribution < -0.4 is 24.8 Å². The molecule has 10 nitrogen and oxygen atoms in total. The molecule has 2 aromatic heterocycles. The number of nitrogens with one attached hydrogen (secondary N) is 2. The van der Waals surface area contributed by atoms with Crippen molar-refractivity contribution in [1.29, 1.82) is 0 Å². The number of hydrogen-bond donors (Lipinski definition) is 2. The summed E-state index contributed by atoms with van der Waals surface area (Å²) in [5.41, 5.74) is 2.00. The first-order valence-electron chi connectivity index (χ1n) is 10.1. The first kappa shape index (κ1) is 20.0. The Hall–Kier alpha value is -3.95. The Morgan fingerprint density at radius 1 is 1.00 bits per heavy atom. The van der Waals surface area contributed by atoms with Gasteiger partial charge in [0.25, 0.3) is 0 Å². The molecule has 3 aromatic rings. The lowest BCUT2D eigenvalue weighted by atomic mass is 9.80. The van der Waals surface area contributed by atoms with Gasteiger partial charge in [0, 0.05) is 29.2 Å². The number of allylic oxidation sites excluding steroid dienone is 1. The Morgan fingerprint density at radius 3 is 2.53 bits per heavy atom. The number of aromatic nitrogens is 2. The quantitative estimate of drug-likeness (QED) is 0.610. The minimum Gasteiger partial charge on any atom is -0.493 e. The lowest BCUT2D eigenvalue weighted by Gasteiger charge is -2.29. The summed E-state index contributed by atoms with van der Waals surface area (Å²) in [6.07, 6.45) is 2.49. The second kappa shape index (κ2) is 7.95. The molecule has 0 fully saturated rings. The van der Waals surface area contributed by atoms with Gasteiger partial charge in [-0.3, -0.25) is 4.79 Å². The molecule has 0 amide bonds. The van der Waals surface area contributed by atoms with Gasteiger partial charge in [0.1, 0.15) is 5.76 Å². The summed E-state index contributed by atoms with van der Waals surface area (Å²) in [5.74, 6) is 2.87. The molecule has 0 spiro atoms. The average molecular weight is 438 g/mol. The molecule has 0 unspecified atom stereocenters. The SMILES string of the molecule is COc1ccc([C@@H]2Nc3nonc3NC3=C2C(=O)C[C@H](c2ccco2)C3)c(OC)c1OC. The highest BCUT2D eigenvalue weighted by molar-refractivity contribution is 6.01. The van der Waals surface area contributed by atoms with Crippen LogP contribution in [0.15, 0.2) is 50.8 Å². The van der Waals surface area contributed by atoms with Crippen LogP contribution in [0.3, 0.4) is 0 Å². The predicted molar refractivity (Wildman–Crippen MR) is 113 cm³/mol. The molecule has 0 saturated carbocycles. The van der Waals surface area contributed by atoms with Crippen molar-refractivity contribution in [2.45, 2.75) is 24.8 Å². The fourth-order valence-electron chi connectivity index (χ4n) is 4.41. The molecule has 5 rings (SSSR count). The summed E-state index contributed by atoms with van der Waals surface area (Å²) in [6.45, 7) is 0. The molecular formula is C22H22N4O6. The Bertz CT molecular complexity index is 1180. The number of carbonyl (C=O) groups is 1. The number of benzene rings is 1. The van der Waals surface area contributed by atoms with Crippen molar-refractivity contribution >= 4 is 17.4 Å². The summed E-state index contributed by atoms with van der Waals surface area (Å²) in [4.78, 5) is 13.5. The maximum absolute atomic E-state index is 13.5. The number of ether oxygens (including phenoxy) is 3. The molecule has 2 N–H and O–H groups in total. The van der Waals surface area contributed by atoms with E-state index in [0.29, 0.717) is 52.9 Å². The van der Waals surface area contributed by atoms with Crippen LogP contribution in [0.5, 0.6) is 17.2 Å². The molecule has 3 heterocycles. The maximum Gasteiger partial charge on any atom is 0.219 e. The predicted octanol–water partition coefficient (Wildman–Crippen LogP) is 3.67. The highest BCUT2D eigenvalue weighted by atomic mass is 16.6. The zero-order valence-corrected chi connectivity index (χ0v) is 17.8. The number of nitrogens with zero attached hydrogens (tertiary/aromatic N) is 2. The minimum absolute atomic E-state index is 0.0171. The number of Topliss-reactive ketones (excluding diaryl/α,β-unsaturated/α-hetero) is 1. The van der Waals surface area contributed by atoms with Crippen LogP contribution in [0.4, 0.5) is 11.6 Å². The van der Waals surface area contributed by atoms with Crippen LogP contribution >= 0.6 is 0 Å². The molecule has 0 saturated heterocycles. The molecule has 0 radical (unpaired) electrons. The van der Waals surface area contributed by atoms with Gasteiger partial charge in [-0.25, -0.2) is 4.63 Å². The summed E-state index contributed by atoms with van der Waals surface area (Å²) >= 11 is 0. The molecule has 1 aromatic carbocycles. The largest absolute Gasteiger partial charge is 0.493 e. The van der Waals surface area contributed by atoms with Gasteiger partial charge in [-0.1, -0.05) is 0 Å². The number of fused-ring (bicyclic) bond motifs is 1. The number of hydrogen-bond acceptors (Lipinski definition) is 10. The van der Waals surface area contributed by atoms with Gasteiger partial charge in [0.2, 0.25) is 17.4 Å². The minimum atomic E-state index is -0.578. The van der Waals surface area contributed by atoms with E-state index in [0.717, 1.165) is 11.5 Å². The van der Waals surface area contributed by atoms with E-state index in [1.807, 2.05) is 18.2 Å². The zero-order valence-electron chi connectivity index (χ0n) is 17.8. The second-order valence-electron chi connectivity index (χ2n) is 7.52. The number of furan rings is 1. The van der Waals surface area contributed by atoms with Gasteiger partial charge in [0.15, 0.2) is 17.3 Å². The number of methoxy groups -OCH3 is 3. The maximum atomic E-state index is 13.5. The van der Waals surface area contributed by atoms with Crippen molar-refractivity contribution in [2.24, 2.45) is 0 Å². The van der Waals surface area contributed by atoms with Crippen LogP contribution in [0.25, 0.3) is 0 Å². The number of carbonyl (C=O) groups excluding carboxylic acids is 1. The lowest BCUT2D eigenvalue weighted by molar-refractivity contribution is -0.116. The average Bonchev–Trinajstić information content (AvgIpc) is 3.47. The number of ketones is 1. The molecule has 1 aliphatic heterocycles. The van der Waals surface area contributed by atoms with E-state index in [9.17, 15) is 4.79 Å². The van der Waals surface area contributed by atoms with Crippen molar-refractivity contribution in [3.05, 3.63) is 53.1 Å². The first-order chi connectivity index (χ1) is 15.6. The van der Waals surface area contributed by atoms with Crippen LogP contribution in [0.2, 0.25) is 0 Å². The van der Waals surface area contributed by atoms with E-state index in [-0.39, 0.29) is 11.7 Å². The van der Waals surface area contributed by atoms with Gasteiger partial charge in [-0.15, -0.1) is 0 Å². The summed E-state index contributed by atoms with van der Waals surface area (Å²) < 4.78 is 27.2. The van der Waals surface area contributed by atoms with Crippen molar-refractivity contribution in [3.63, 3.8) is 0 Å². The van der Waals surface area contributed by atoms with Gasteiger partial charge in [-0.2, -0.15) is 0 Å². The molecule has 10 heteroatoms. The van der Waals surface area contributed by atoms with Crippen LogP contribution in [0.1, 0.15) is 36.1 Å². The Labute approximate surface area is 183 Å². The third-order valence-corrected chi connectivity index (χ3v) is 5.83. The van der Waals surface area contributed by atoms with Gasteiger partial charge >= 0.3 is 0 Å². The normalized spacial score (nSPS) is 19.9. The van der Waals surface area contributed by atoms with Crippen molar-refractivity contribution < 1.29 is 28.1 Å². The molecule has 0 bridgehead atoms. The van der Waals surface area contributed by atoms with Crippen LogP contribution in [-0.4, -0.2) is 37.4 Å². The fourth-order valence-corrected chi connectivity index (χ4v) is 4.41. The number of rotatable bonds is 5. The Balaban J connectivity index is 1.66. The smallest absolute Gasteiger partial charge is 0.219 e. The molecule has 32 heavy (non-hydrogen) atoms. The Kier molecular flexibility index (Phi) is 4.96. The topological polar surface area (TPSA) is 121 Å². The summed E-state index contributed by atoms with van der Waals surface area (Å²) in [7, 11) is 4.64. The van der Waals surface area contributed by atoms with Crippen molar-refractivity contribution in [2.75, 3.05) is 32.0 Å². The van der Waals surface area contributed by atoms with E-state index >= 15 is 0 Å². The first-order valence-corrected chi connectivity index (χ1v) is 10.1. The Morgan fingerprint density at radius 2 is 1.81 bits per heavy atom. The third-order valence-electron chi connectivity index (χ3n) is 5.83. The van der Waals surface area contributed by atoms with E-state index in [4.69, 9.17) is 23.3 Å². The van der Waals surface area contributed by atoms with Gasteiger partial charge in [-0.05, 0) is 41.0 Å². The highest BCUT2D eigenvalue weighted by Crippen LogP contribution is 2.48. The van der Waals surface area contributed by atoms with Gasteiger partial charge < -0.3 is 29.3 Å². The fraction of sp³-hybridized carbons (Fsp3) is 0.318. The van der Waals surface area contributed by atoms with Crippen molar-refractivity contribution in [3.8, 4) is 17.2 Å². The molecule has 2 atom stereocenters. The lowest BCUT2D eigenvalue weighted by Crippen LogP contribution is -2.27.